The summed E-state index contributed by atoms with van der Waals surface area (Å²) in [5, 5.41) is 3.13. The Morgan fingerprint density at radius 1 is 1.22 bits per heavy atom. The monoisotopic (exact) mass is 246 g/mol. The molecule has 0 spiro atoms. The molecule has 2 aromatic rings. The molecule has 0 aliphatic rings. The van der Waals surface area contributed by atoms with Crippen molar-refractivity contribution in [1.82, 2.24) is 0 Å². The van der Waals surface area contributed by atoms with Crippen molar-refractivity contribution >= 4 is 17.1 Å². The lowest BCUT2D eigenvalue weighted by atomic mass is 10.2. The lowest BCUT2D eigenvalue weighted by Crippen LogP contribution is -2.01. The van der Waals surface area contributed by atoms with E-state index in [0.29, 0.717) is 18.0 Å². The van der Waals surface area contributed by atoms with E-state index < -0.39 is 5.82 Å². The minimum Gasteiger partial charge on any atom is -0.491 e. The van der Waals surface area contributed by atoms with Gasteiger partial charge in [0.15, 0.2) is 11.6 Å². The van der Waals surface area contributed by atoms with Crippen LogP contribution in [0.25, 0.3) is 0 Å². The molecule has 0 aromatic heterocycles. The van der Waals surface area contributed by atoms with E-state index in [4.69, 9.17) is 10.5 Å². The van der Waals surface area contributed by atoms with Crippen LogP contribution in [0.3, 0.4) is 0 Å². The van der Waals surface area contributed by atoms with Crippen LogP contribution in [0.5, 0.6) is 5.75 Å². The molecule has 0 saturated heterocycles. The Kier molecular flexibility index (Phi) is 3.67. The average Bonchev–Trinajstić information content (AvgIpc) is 2.37. The van der Waals surface area contributed by atoms with E-state index in [1.807, 2.05) is 30.3 Å². The SMILES string of the molecule is CCOc1cc(Nc2ccccc2)c(N)cc1F. The van der Waals surface area contributed by atoms with Crippen LogP contribution in [0, 0.1) is 5.82 Å². The van der Waals surface area contributed by atoms with Gasteiger partial charge in [-0.05, 0) is 19.1 Å². The van der Waals surface area contributed by atoms with E-state index in [0.717, 1.165) is 5.69 Å². The number of nitrogens with two attached hydrogens (primary N) is 1. The number of rotatable bonds is 4. The summed E-state index contributed by atoms with van der Waals surface area (Å²) in [7, 11) is 0. The smallest absolute Gasteiger partial charge is 0.167 e. The molecule has 18 heavy (non-hydrogen) atoms. The molecule has 0 bridgehead atoms. The number of hydrogen-bond donors (Lipinski definition) is 2. The van der Waals surface area contributed by atoms with Gasteiger partial charge in [0.25, 0.3) is 0 Å². The fourth-order valence-corrected chi connectivity index (χ4v) is 1.62. The molecular formula is C14H15FN2O. The van der Waals surface area contributed by atoms with Crippen LogP contribution in [0.15, 0.2) is 42.5 Å². The van der Waals surface area contributed by atoms with Crippen LogP contribution in [0.1, 0.15) is 6.92 Å². The summed E-state index contributed by atoms with van der Waals surface area (Å²) < 4.78 is 18.7. The highest BCUT2D eigenvalue weighted by Gasteiger charge is 2.08. The van der Waals surface area contributed by atoms with Gasteiger partial charge in [-0.1, -0.05) is 18.2 Å². The quantitative estimate of drug-likeness (QED) is 0.811. The summed E-state index contributed by atoms with van der Waals surface area (Å²) in [6.45, 7) is 2.21. The molecule has 2 aromatic carbocycles. The molecule has 94 valence electrons. The first-order valence-corrected chi connectivity index (χ1v) is 5.74. The van der Waals surface area contributed by atoms with Crippen LogP contribution >= 0.6 is 0 Å². The maximum atomic E-state index is 13.5. The van der Waals surface area contributed by atoms with Crippen molar-refractivity contribution in [2.75, 3.05) is 17.7 Å². The third-order valence-electron chi connectivity index (χ3n) is 2.46. The first-order valence-electron chi connectivity index (χ1n) is 5.74. The van der Waals surface area contributed by atoms with E-state index in [-0.39, 0.29) is 5.75 Å². The predicted octanol–water partition coefficient (Wildman–Crippen LogP) is 3.55. The zero-order chi connectivity index (χ0) is 13.0. The Labute approximate surface area is 105 Å². The number of nitrogens with one attached hydrogen (secondary N) is 1. The molecule has 0 atom stereocenters. The normalized spacial score (nSPS) is 10.1. The van der Waals surface area contributed by atoms with Gasteiger partial charge in [-0.15, -0.1) is 0 Å². The largest absolute Gasteiger partial charge is 0.491 e. The fourth-order valence-electron chi connectivity index (χ4n) is 1.62. The third kappa shape index (κ3) is 2.71. The van der Waals surface area contributed by atoms with E-state index in [1.165, 1.54) is 6.07 Å². The number of para-hydroxylation sites is 1. The van der Waals surface area contributed by atoms with Crippen LogP contribution in [0.2, 0.25) is 0 Å². The Balaban J connectivity index is 2.30. The molecule has 0 radical (unpaired) electrons. The van der Waals surface area contributed by atoms with Crippen molar-refractivity contribution in [2.45, 2.75) is 6.92 Å². The maximum absolute atomic E-state index is 13.5. The van der Waals surface area contributed by atoms with E-state index in [2.05, 4.69) is 5.32 Å². The third-order valence-corrected chi connectivity index (χ3v) is 2.46. The lowest BCUT2D eigenvalue weighted by molar-refractivity contribution is 0.322. The summed E-state index contributed by atoms with van der Waals surface area (Å²) in [6.07, 6.45) is 0. The van der Waals surface area contributed by atoms with Crippen LogP contribution in [-0.2, 0) is 0 Å². The maximum Gasteiger partial charge on any atom is 0.167 e. The lowest BCUT2D eigenvalue weighted by Gasteiger charge is -2.12. The number of nitrogen functional groups attached to an aromatic ring is 1. The second kappa shape index (κ2) is 5.40. The summed E-state index contributed by atoms with van der Waals surface area (Å²) in [5.41, 5.74) is 7.64. The van der Waals surface area contributed by atoms with E-state index in [1.54, 1.807) is 13.0 Å². The van der Waals surface area contributed by atoms with Gasteiger partial charge in [-0.25, -0.2) is 4.39 Å². The van der Waals surface area contributed by atoms with Gasteiger partial charge in [-0.2, -0.15) is 0 Å². The number of benzene rings is 2. The zero-order valence-corrected chi connectivity index (χ0v) is 10.1. The molecule has 0 heterocycles. The van der Waals surface area contributed by atoms with Crippen LogP contribution in [0.4, 0.5) is 21.5 Å². The minimum atomic E-state index is -0.451. The second-order valence-electron chi connectivity index (χ2n) is 3.79. The first kappa shape index (κ1) is 12.2. The van der Waals surface area contributed by atoms with Crippen LogP contribution in [-0.4, -0.2) is 6.61 Å². The minimum absolute atomic E-state index is 0.199. The van der Waals surface area contributed by atoms with Gasteiger partial charge in [0.05, 0.1) is 18.0 Å². The predicted molar refractivity (Wildman–Crippen MR) is 71.7 cm³/mol. The Hall–Kier alpha value is -2.23. The second-order valence-corrected chi connectivity index (χ2v) is 3.79. The number of halogens is 1. The van der Waals surface area contributed by atoms with Crippen molar-refractivity contribution in [3.63, 3.8) is 0 Å². The summed E-state index contributed by atoms with van der Waals surface area (Å²) >= 11 is 0. The Bertz CT molecular complexity index is 529. The summed E-state index contributed by atoms with van der Waals surface area (Å²) in [4.78, 5) is 0. The van der Waals surface area contributed by atoms with Crippen LogP contribution < -0.4 is 15.8 Å². The number of anilines is 3. The van der Waals surface area contributed by atoms with Crippen molar-refractivity contribution in [2.24, 2.45) is 0 Å². The van der Waals surface area contributed by atoms with Gasteiger partial charge in [-0.3, -0.25) is 0 Å². The Morgan fingerprint density at radius 2 is 1.94 bits per heavy atom. The van der Waals surface area contributed by atoms with Gasteiger partial charge >= 0.3 is 0 Å². The molecule has 3 nitrogen and oxygen atoms in total. The van der Waals surface area contributed by atoms with E-state index in [9.17, 15) is 4.39 Å². The highest BCUT2D eigenvalue weighted by Crippen LogP contribution is 2.30. The zero-order valence-electron chi connectivity index (χ0n) is 10.1. The van der Waals surface area contributed by atoms with Crippen molar-refractivity contribution in [3.05, 3.63) is 48.3 Å². The van der Waals surface area contributed by atoms with Gasteiger partial charge in [0, 0.05) is 17.8 Å². The standard InChI is InChI=1S/C14H15FN2O/c1-2-18-14-9-13(12(16)8-11(14)15)17-10-6-4-3-5-7-10/h3-9,17H,2,16H2,1H3. The summed E-state index contributed by atoms with van der Waals surface area (Å²) in [6, 6.07) is 12.4. The highest BCUT2D eigenvalue weighted by molar-refractivity contribution is 5.74. The van der Waals surface area contributed by atoms with Crippen molar-refractivity contribution in [3.8, 4) is 5.75 Å². The Morgan fingerprint density at radius 3 is 2.61 bits per heavy atom. The first-order chi connectivity index (χ1) is 8.70. The van der Waals surface area contributed by atoms with Gasteiger partial charge in [0.2, 0.25) is 0 Å². The molecule has 0 aliphatic heterocycles. The molecule has 0 amide bonds. The van der Waals surface area contributed by atoms with Gasteiger partial charge in [0.1, 0.15) is 0 Å². The molecule has 0 fully saturated rings. The molecule has 0 aliphatic carbocycles. The molecule has 4 heteroatoms. The molecule has 0 unspecified atom stereocenters. The topological polar surface area (TPSA) is 47.3 Å². The average molecular weight is 246 g/mol. The fraction of sp³-hybridized carbons (Fsp3) is 0.143. The molecule has 0 saturated carbocycles. The molecule has 3 N–H and O–H groups in total. The van der Waals surface area contributed by atoms with E-state index >= 15 is 0 Å². The summed E-state index contributed by atoms with van der Waals surface area (Å²) in [5.74, 6) is -0.252. The van der Waals surface area contributed by atoms with Crippen molar-refractivity contribution in [1.29, 1.82) is 0 Å². The van der Waals surface area contributed by atoms with Crippen molar-refractivity contribution < 1.29 is 9.13 Å². The number of ether oxygens (including phenoxy) is 1. The van der Waals surface area contributed by atoms with Gasteiger partial charge < -0.3 is 15.8 Å². The molecule has 2 rings (SSSR count). The highest BCUT2D eigenvalue weighted by atomic mass is 19.1. The molecular weight excluding hydrogens is 231 g/mol. The number of hydrogen-bond acceptors (Lipinski definition) is 3.